The summed E-state index contributed by atoms with van der Waals surface area (Å²) < 4.78 is 26.0. The lowest BCUT2D eigenvalue weighted by Gasteiger charge is -2.52. The molecular formula is C27H35FNO4S+. The standard InChI is InChI=1S/C27H35FNO4S/c28-22-8-10-23(11-9-22)32-17-4-14-29-15-12-20(13-16-29)24(19-29)33-26(30)27(31,21-5-1-2-6-21)25-7-3-18-34-25/h3,7-11,18,20-21,24,31H,1-2,4-6,12-17,19H2/q+1/t20?,24-,27+,29?/m0/s1. The summed E-state index contributed by atoms with van der Waals surface area (Å²) in [6, 6.07) is 9.90. The minimum absolute atomic E-state index is 0.0634. The van der Waals surface area contributed by atoms with Gasteiger partial charge in [-0.05, 0) is 48.6 Å². The number of fused-ring (bicyclic) bond motifs is 3. The molecule has 1 aliphatic carbocycles. The van der Waals surface area contributed by atoms with Gasteiger partial charge in [-0.25, -0.2) is 9.18 Å². The van der Waals surface area contributed by atoms with E-state index in [2.05, 4.69) is 0 Å². The van der Waals surface area contributed by atoms with Crippen molar-refractivity contribution in [1.82, 2.24) is 0 Å². The molecule has 0 unspecified atom stereocenters. The molecule has 2 bridgehead atoms. The number of hydrogen-bond donors (Lipinski definition) is 1. The third kappa shape index (κ3) is 4.75. The summed E-state index contributed by atoms with van der Waals surface area (Å²) in [7, 11) is 0. The van der Waals surface area contributed by atoms with Crippen molar-refractivity contribution in [3.63, 3.8) is 0 Å². The molecule has 3 saturated heterocycles. The summed E-state index contributed by atoms with van der Waals surface area (Å²) >= 11 is 1.44. The van der Waals surface area contributed by atoms with Crippen LogP contribution in [-0.4, -0.2) is 54.4 Å². The van der Waals surface area contributed by atoms with Gasteiger partial charge in [0.25, 0.3) is 0 Å². The van der Waals surface area contributed by atoms with Crippen molar-refractivity contribution >= 4 is 17.3 Å². The zero-order valence-electron chi connectivity index (χ0n) is 19.7. The highest BCUT2D eigenvalue weighted by molar-refractivity contribution is 7.10. The van der Waals surface area contributed by atoms with Crippen molar-refractivity contribution in [2.75, 3.05) is 32.8 Å². The Kier molecular flexibility index (Phi) is 6.96. The van der Waals surface area contributed by atoms with E-state index in [0.717, 1.165) is 75.6 Å². The molecule has 2 aromatic rings. The Labute approximate surface area is 205 Å². The first-order chi connectivity index (χ1) is 16.5. The van der Waals surface area contributed by atoms with Crippen molar-refractivity contribution in [3.8, 4) is 5.75 Å². The van der Waals surface area contributed by atoms with Crippen LogP contribution in [0, 0.1) is 17.7 Å². The molecule has 0 amide bonds. The lowest BCUT2D eigenvalue weighted by molar-refractivity contribution is -0.946. The minimum Gasteiger partial charge on any atom is -0.493 e. The summed E-state index contributed by atoms with van der Waals surface area (Å²) in [5.74, 6) is 0.298. The first kappa shape index (κ1) is 23.8. The van der Waals surface area contributed by atoms with Crippen molar-refractivity contribution in [2.45, 2.75) is 56.7 Å². The second-order valence-electron chi connectivity index (χ2n) is 10.4. The predicted octanol–water partition coefficient (Wildman–Crippen LogP) is 4.89. The van der Waals surface area contributed by atoms with E-state index in [1.807, 2.05) is 17.5 Å². The fraction of sp³-hybridized carbons (Fsp3) is 0.593. The van der Waals surface area contributed by atoms with Crippen molar-refractivity contribution in [1.29, 1.82) is 0 Å². The molecule has 6 rings (SSSR count). The number of carbonyl (C=O) groups excluding carboxylic acids is 1. The van der Waals surface area contributed by atoms with E-state index in [0.29, 0.717) is 23.2 Å². The largest absolute Gasteiger partial charge is 0.493 e. The summed E-state index contributed by atoms with van der Waals surface area (Å²) in [5.41, 5.74) is -1.52. The van der Waals surface area contributed by atoms with Gasteiger partial charge in [0.15, 0.2) is 11.7 Å². The second-order valence-corrected chi connectivity index (χ2v) is 11.3. The van der Waals surface area contributed by atoms with Gasteiger partial charge in [0, 0.05) is 36.0 Å². The molecule has 1 aromatic carbocycles. The van der Waals surface area contributed by atoms with Gasteiger partial charge in [0.1, 0.15) is 18.1 Å². The fourth-order valence-electron chi connectivity index (χ4n) is 6.32. The molecule has 1 N–H and O–H groups in total. The third-order valence-electron chi connectivity index (χ3n) is 8.31. The Hall–Kier alpha value is -1.96. The molecular weight excluding hydrogens is 453 g/mol. The average Bonchev–Trinajstić information content (AvgIpc) is 3.58. The van der Waals surface area contributed by atoms with Crippen LogP contribution >= 0.6 is 11.3 Å². The highest BCUT2D eigenvalue weighted by Crippen LogP contribution is 2.44. The molecule has 4 heterocycles. The van der Waals surface area contributed by atoms with Gasteiger partial charge < -0.3 is 19.1 Å². The quantitative estimate of drug-likeness (QED) is 0.310. The number of benzene rings is 1. The number of piperidine rings is 3. The van der Waals surface area contributed by atoms with Crippen LogP contribution < -0.4 is 4.74 Å². The lowest BCUT2D eigenvalue weighted by atomic mass is 9.82. The number of thiophene rings is 1. The number of rotatable bonds is 9. The van der Waals surface area contributed by atoms with E-state index in [4.69, 9.17) is 9.47 Å². The van der Waals surface area contributed by atoms with Crippen LogP contribution in [0.3, 0.4) is 0 Å². The molecule has 5 nitrogen and oxygen atoms in total. The Bertz CT molecular complexity index is 952. The molecule has 1 saturated carbocycles. The van der Waals surface area contributed by atoms with Crippen LogP contribution in [0.25, 0.3) is 0 Å². The van der Waals surface area contributed by atoms with Crippen molar-refractivity contribution in [2.24, 2.45) is 11.8 Å². The van der Waals surface area contributed by atoms with Crippen molar-refractivity contribution < 1.29 is 28.2 Å². The SMILES string of the molecule is O=C(O[C@H]1C[N+]2(CCCOc3ccc(F)cc3)CCC1CC2)[C@](O)(c1cccs1)C1CCCC1. The Morgan fingerprint density at radius 1 is 1.12 bits per heavy atom. The molecule has 2 atom stereocenters. The fourth-order valence-corrected chi connectivity index (χ4v) is 7.22. The van der Waals surface area contributed by atoms with E-state index >= 15 is 0 Å². The van der Waals surface area contributed by atoms with Gasteiger partial charge in [-0.15, -0.1) is 11.3 Å². The van der Waals surface area contributed by atoms with Gasteiger partial charge in [0.2, 0.25) is 0 Å². The molecule has 4 fully saturated rings. The van der Waals surface area contributed by atoms with Crippen LogP contribution in [0.15, 0.2) is 41.8 Å². The van der Waals surface area contributed by atoms with Crippen LogP contribution in [0.4, 0.5) is 4.39 Å². The zero-order chi connectivity index (χ0) is 23.6. The number of nitrogens with zero attached hydrogens (tertiary/aromatic N) is 1. The molecule has 34 heavy (non-hydrogen) atoms. The maximum absolute atomic E-state index is 13.5. The van der Waals surface area contributed by atoms with Gasteiger partial charge in [-0.1, -0.05) is 18.9 Å². The average molecular weight is 489 g/mol. The molecule has 184 valence electrons. The number of aliphatic hydroxyl groups is 1. The minimum atomic E-state index is -1.52. The Morgan fingerprint density at radius 2 is 1.85 bits per heavy atom. The van der Waals surface area contributed by atoms with Gasteiger partial charge in [0.05, 0.1) is 26.2 Å². The Morgan fingerprint density at radius 3 is 2.53 bits per heavy atom. The summed E-state index contributed by atoms with van der Waals surface area (Å²) in [6.07, 6.45) is 6.70. The number of esters is 1. The lowest BCUT2D eigenvalue weighted by Crippen LogP contribution is -2.65. The smallest absolute Gasteiger partial charge is 0.344 e. The van der Waals surface area contributed by atoms with E-state index in [1.54, 1.807) is 12.1 Å². The first-order valence-electron chi connectivity index (χ1n) is 12.7. The summed E-state index contributed by atoms with van der Waals surface area (Å²) in [4.78, 5) is 14.2. The number of hydrogen-bond acceptors (Lipinski definition) is 5. The van der Waals surface area contributed by atoms with Crippen LogP contribution in [0.5, 0.6) is 5.75 Å². The normalized spacial score (nSPS) is 28.5. The Balaban J connectivity index is 1.20. The zero-order valence-corrected chi connectivity index (χ0v) is 20.5. The molecule has 4 aliphatic rings. The molecule has 0 radical (unpaired) electrons. The van der Waals surface area contributed by atoms with E-state index in [-0.39, 0.29) is 17.8 Å². The highest BCUT2D eigenvalue weighted by Gasteiger charge is 2.53. The summed E-state index contributed by atoms with van der Waals surface area (Å²) in [6.45, 7) is 4.58. The van der Waals surface area contributed by atoms with Gasteiger partial charge in [-0.2, -0.15) is 0 Å². The molecule has 1 aromatic heterocycles. The van der Waals surface area contributed by atoms with Crippen LogP contribution in [0.2, 0.25) is 0 Å². The van der Waals surface area contributed by atoms with Crippen LogP contribution in [0.1, 0.15) is 49.8 Å². The monoisotopic (exact) mass is 488 g/mol. The maximum atomic E-state index is 13.5. The van der Waals surface area contributed by atoms with E-state index < -0.39 is 11.6 Å². The number of carbonyl (C=O) groups is 1. The molecule has 0 spiro atoms. The van der Waals surface area contributed by atoms with E-state index in [9.17, 15) is 14.3 Å². The molecule has 3 aliphatic heterocycles. The van der Waals surface area contributed by atoms with Crippen molar-refractivity contribution in [3.05, 3.63) is 52.5 Å². The predicted molar refractivity (Wildman–Crippen MR) is 129 cm³/mol. The van der Waals surface area contributed by atoms with E-state index in [1.165, 1.54) is 23.5 Å². The maximum Gasteiger partial charge on any atom is 0.344 e. The van der Waals surface area contributed by atoms with Crippen LogP contribution in [-0.2, 0) is 15.1 Å². The van der Waals surface area contributed by atoms with Gasteiger partial charge >= 0.3 is 5.97 Å². The van der Waals surface area contributed by atoms with Gasteiger partial charge in [-0.3, -0.25) is 0 Å². The second kappa shape index (κ2) is 9.96. The molecule has 7 heteroatoms. The third-order valence-corrected chi connectivity index (χ3v) is 9.31. The number of quaternary nitrogens is 1. The number of halogens is 1. The number of ether oxygens (including phenoxy) is 2. The first-order valence-corrected chi connectivity index (χ1v) is 13.6. The topological polar surface area (TPSA) is 55.8 Å². The highest BCUT2D eigenvalue weighted by atomic mass is 32.1. The summed E-state index contributed by atoms with van der Waals surface area (Å²) in [5, 5.41) is 13.6.